The Balaban J connectivity index is 2.50. The maximum atomic E-state index is 6.02. The van der Waals surface area contributed by atoms with Crippen LogP contribution < -0.4 is 4.74 Å². The lowest BCUT2D eigenvalue weighted by molar-refractivity contribution is 0.130. The van der Waals surface area contributed by atoms with Gasteiger partial charge in [0.25, 0.3) is 0 Å². The lowest BCUT2D eigenvalue weighted by atomic mass is 9.92. The van der Waals surface area contributed by atoms with Gasteiger partial charge < -0.3 is 9.72 Å². The third kappa shape index (κ3) is 3.12. The molecule has 0 radical (unpaired) electrons. The number of nitrogens with one attached hydrogen (secondary N) is 1. The molecule has 0 fully saturated rings. The molecule has 0 unspecified atom stereocenters. The summed E-state index contributed by atoms with van der Waals surface area (Å²) in [4.78, 5) is 3.51. The highest BCUT2D eigenvalue weighted by Gasteiger charge is 2.18. The molecule has 0 atom stereocenters. The van der Waals surface area contributed by atoms with E-state index in [4.69, 9.17) is 4.74 Å². The Morgan fingerprint density at radius 3 is 2.11 bits per heavy atom. The molecule has 0 spiro atoms. The fourth-order valence-electron chi connectivity index (χ4n) is 2.12. The Morgan fingerprint density at radius 1 is 0.947 bits per heavy atom. The lowest BCUT2D eigenvalue weighted by Crippen LogP contribution is -2.23. The summed E-state index contributed by atoms with van der Waals surface area (Å²) in [6.07, 6.45) is 0. The van der Waals surface area contributed by atoms with Crippen molar-refractivity contribution < 1.29 is 4.74 Å². The molecule has 0 aliphatic rings. The fourth-order valence-corrected chi connectivity index (χ4v) is 2.12. The van der Waals surface area contributed by atoms with Crippen LogP contribution in [0.15, 0.2) is 18.2 Å². The maximum absolute atomic E-state index is 6.02. The summed E-state index contributed by atoms with van der Waals surface area (Å²) in [6.45, 7) is 15.0. The monoisotopic (exact) mass is 259 g/mol. The molecule has 0 saturated heterocycles. The van der Waals surface area contributed by atoms with Gasteiger partial charge in [-0.15, -0.1) is 0 Å². The molecule has 104 valence electrons. The number of rotatable bonds is 1. The third-order valence-corrected chi connectivity index (χ3v) is 3.14. The molecule has 1 N–H and O–H groups in total. The zero-order valence-electron chi connectivity index (χ0n) is 13.1. The Hall–Kier alpha value is -1.44. The minimum absolute atomic E-state index is 0.137. The number of aryl methyl sites for hydroxylation is 1. The van der Waals surface area contributed by atoms with E-state index in [1.807, 2.05) is 0 Å². The highest BCUT2D eigenvalue weighted by atomic mass is 16.5. The van der Waals surface area contributed by atoms with Crippen molar-refractivity contribution in [3.63, 3.8) is 0 Å². The van der Waals surface area contributed by atoms with Gasteiger partial charge in [-0.1, -0.05) is 20.8 Å². The zero-order chi connectivity index (χ0) is 14.4. The van der Waals surface area contributed by atoms with Crippen LogP contribution in [0.3, 0.4) is 0 Å². The average Bonchev–Trinajstić information content (AvgIpc) is 2.58. The first kappa shape index (κ1) is 14.0. The first-order valence-electron chi connectivity index (χ1n) is 6.89. The van der Waals surface area contributed by atoms with E-state index in [9.17, 15) is 0 Å². The van der Waals surface area contributed by atoms with Crippen LogP contribution in [-0.4, -0.2) is 10.6 Å². The molecule has 0 saturated carbocycles. The summed E-state index contributed by atoms with van der Waals surface area (Å²) >= 11 is 0. The molecule has 1 aromatic carbocycles. The van der Waals surface area contributed by atoms with Crippen LogP contribution in [-0.2, 0) is 5.41 Å². The van der Waals surface area contributed by atoms with E-state index in [0.29, 0.717) is 0 Å². The predicted molar refractivity (Wildman–Crippen MR) is 82.1 cm³/mol. The molecule has 0 bridgehead atoms. The van der Waals surface area contributed by atoms with Crippen molar-refractivity contribution in [2.24, 2.45) is 0 Å². The zero-order valence-corrected chi connectivity index (χ0v) is 13.1. The van der Waals surface area contributed by atoms with Gasteiger partial charge >= 0.3 is 0 Å². The molecule has 2 nitrogen and oxygen atoms in total. The highest BCUT2D eigenvalue weighted by molar-refractivity contribution is 5.83. The predicted octanol–water partition coefficient (Wildman–Crippen LogP) is 4.95. The second kappa shape index (κ2) is 4.29. The van der Waals surface area contributed by atoms with Crippen molar-refractivity contribution in [1.82, 2.24) is 4.98 Å². The van der Waals surface area contributed by atoms with Crippen molar-refractivity contribution in [2.75, 3.05) is 0 Å². The largest absolute Gasteiger partial charge is 0.488 e. The van der Waals surface area contributed by atoms with Gasteiger partial charge in [-0.2, -0.15) is 0 Å². The molecule has 2 rings (SSSR count). The van der Waals surface area contributed by atoms with Crippen LogP contribution >= 0.6 is 0 Å². The molecular formula is C17H25NO. The quantitative estimate of drug-likeness (QED) is 0.770. The van der Waals surface area contributed by atoms with E-state index in [2.05, 4.69) is 71.6 Å². The second-order valence-corrected chi connectivity index (χ2v) is 7.35. The van der Waals surface area contributed by atoms with Gasteiger partial charge in [0.1, 0.15) is 11.4 Å². The summed E-state index contributed by atoms with van der Waals surface area (Å²) in [5, 5.41) is 1.25. The van der Waals surface area contributed by atoms with Gasteiger partial charge in [0.05, 0.1) is 0 Å². The molecule has 1 aromatic heterocycles. The van der Waals surface area contributed by atoms with Crippen LogP contribution in [0.5, 0.6) is 5.75 Å². The van der Waals surface area contributed by atoms with Crippen molar-refractivity contribution in [3.8, 4) is 5.75 Å². The normalized spacial score (nSPS) is 13.0. The molecule has 1 heterocycles. The molecule has 0 amide bonds. The minimum Gasteiger partial charge on any atom is -0.488 e. The minimum atomic E-state index is -0.169. The number of hydrogen-bond acceptors (Lipinski definition) is 1. The van der Waals surface area contributed by atoms with E-state index in [-0.39, 0.29) is 11.0 Å². The number of ether oxygens (including phenoxy) is 1. The molecule has 19 heavy (non-hydrogen) atoms. The lowest BCUT2D eigenvalue weighted by Gasteiger charge is -2.22. The van der Waals surface area contributed by atoms with Crippen LogP contribution in [0.4, 0.5) is 0 Å². The van der Waals surface area contributed by atoms with Gasteiger partial charge in [0.2, 0.25) is 0 Å². The molecule has 0 aliphatic heterocycles. The summed E-state index contributed by atoms with van der Waals surface area (Å²) < 4.78 is 6.02. The molecule has 2 aromatic rings. The second-order valence-electron chi connectivity index (χ2n) is 7.35. The topological polar surface area (TPSA) is 25.0 Å². The van der Waals surface area contributed by atoms with Gasteiger partial charge in [-0.05, 0) is 45.4 Å². The number of benzene rings is 1. The standard InChI is InChI=1S/C17H25NO/c1-11-8-12-9-15(16(2,3)4)18-13(12)10-14(11)19-17(5,6)7/h8-10,18H,1-7H3. The van der Waals surface area contributed by atoms with E-state index < -0.39 is 0 Å². The molecule has 2 heteroatoms. The van der Waals surface area contributed by atoms with Crippen molar-refractivity contribution in [3.05, 3.63) is 29.5 Å². The van der Waals surface area contributed by atoms with Gasteiger partial charge in [-0.25, -0.2) is 0 Å². The summed E-state index contributed by atoms with van der Waals surface area (Å²) in [7, 11) is 0. The number of fused-ring (bicyclic) bond motifs is 1. The van der Waals surface area contributed by atoms with Gasteiger partial charge in [-0.3, -0.25) is 0 Å². The van der Waals surface area contributed by atoms with Gasteiger partial charge in [0, 0.05) is 28.1 Å². The summed E-state index contributed by atoms with van der Waals surface area (Å²) in [5.41, 5.74) is 3.56. The summed E-state index contributed by atoms with van der Waals surface area (Å²) in [5.74, 6) is 0.960. The fraction of sp³-hybridized carbons (Fsp3) is 0.529. The van der Waals surface area contributed by atoms with E-state index >= 15 is 0 Å². The highest BCUT2D eigenvalue weighted by Crippen LogP contribution is 2.31. The van der Waals surface area contributed by atoms with Gasteiger partial charge in [0.15, 0.2) is 0 Å². The van der Waals surface area contributed by atoms with E-state index in [1.165, 1.54) is 16.6 Å². The SMILES string of the molecule is Cc1cc2cc(C(C)(C)C)[nH]c2cc1OC(C)(C)C. The Labute approximate surface area is 116 Å². The van der Waals surface area contributed by atoms with Crippen molar-refractivity contribution >= 4 is 10.9 Å². The first-order valence-corrected chi connectivity index (χ1v) is 6.89. The Bertz CT molecular complexity index is 594. The van der Waals surface area contributed by atoms with E-state index in [0.717, 1.165) is 11.3 Å². The number of aromatic amines is 1. The smallest absolute Gasteiger partial charge is 0.125 e. The van der Waals surface area contributed by atoms with Crippen LogP contribution in [0, 0.1) is 6.92 Å². The van der Waals surface area contributed by atoms with Crippen LogP contribution in [0.1, 0.15) is 52.8 Å². The Morgan fingerprint density at radius 2 is 1.58 bits per heavy atom. The van der Waals surface area contributed by atoms with Crippen LogP contribution in [0.25, 0.3) is 10.9 Å². The van der Waals surface area contributed by atoms with Crippen LogP contribution in [0.2, 0.25) is 0 Å². The Kier molecular flexibility index (Phi) is 3.16. The molecule has 0 aliphatic carbocycles. The molecular weight excluding hydrogens is 234 g/mol. The van der Waals surface area contributed by atoms with Crippen molar-refractivity contribution in [1.29, 1.82) is 0 Å². The summed E-state index contributed by atoms with van der Waals surface area (Å²) in [6, 6.07) is 6.55. The average molecular weight is 259 g/mol. The third-order valence-electron chi connectivity index (χ3n) is 3.14. The number of aromatic nitrogens is 1. The number of hydrogen-bond donors (Lipinski definition) is 1. The number of H-pyrrole nitrogens is 1. The first-order chi connectivity index (χ1) is 8.56. The maximum Gasteiger partial charge on any atom is 0.125 e. The van der Waals surface area contributed by atoms with E-state index in [1.54, 1.807) is 0 Å². The van der Waals surface area contributed by atoms with Crippen molar-refractivity contribution in [2.45, 2.75) is 59.5 Å².